The minimum Gasteiger partial charge on any atom is -0.388 e. The van der Waals surface area contributed by atoms with E-state index >= 15 is 0 Å². The number of imide groups is 1. The van der Waals surface area contributed by atoms with Crippen LogP contribution in [0.3, 0.4) is 0 Å². The first-order valence-corrected chi connectivity index (χ1v) is 8.89. The Bertz CT molecular complexity index is 761. The summed E-state index contributed by atoms with van der Waals surface area (Å²) >= 11 is 0. The maximum Gasteiger partial charge on any atom is 0.229 e. The third kappa shape index (κ3) is 4.17. The van der Waals surface area contributed by atoms with Gasteiger partial charge in [-0.05, 0) is 42.5 Å². The van der Waals surface area contributed by atoms with Gasteiger partial charge >= 0.3 is 0 Å². The van der Waals surface area contributed by atoms with Crippen LogP contribution in [0.15, 0.2) is 54.6 Å². The van der Waals surface area contributed by atoms with Gasteiger partial charge < -0.3 is 5.11 Å². The summed E-state index contributed by atoms with van der Waals surface area (Å²) in [6.45, 7) is 0. The van der Waals surface area contributed by atoms with Crippen molar-refractivity contribution in [1.82, 2.24) is 4.90 Å². The molecule has 5 heteroatoms. The van der Waals surface area contributed by atoms with E-state index in [4.69, 9.17) is 0 Å². The molecule has 0 bridgehead atoms. The number of benzene rings is 2. The van der Waals surface area contributed by atoms with Crippen LogP contribution in [0.5, 0.6) is 0 Å². The lowest BCUT2D eigenvalue weighted by Crippen LogP contribution is -2.34. The van der Waals surface area contributed by atoms with Crippen molar-refractivity contribution in [3.8, 4) is 0 Å². The van der Waals surface area contributed by atoms with Gasteiger partial charge in [0.25, 0.3) is 0 Å². The van der Waals surface area contributed by atoms with Crippen LogP contribution in [0.2, 0.25) is 0 Å². The van der Waals surface area contributed by atoms with Gasteiger partial charge in [0.05, 0.1) is 12.1 Å². The molecule has 2 atom stereocenters. The number of aliphatic hydroxyl groups excluding tert-OH is 1. The molecule has 0 saturated carbocycles. The van der Waals surface area contributed by atoms with Crippen LogP contribution in [0, 0.1) is 5.82 Å². The highest BCUT2D eigenvalue weighted by Crippen LogP contribution is 2.33. The molecule has 2 aromatic rings. The van der Waals surface area contributed by atoms with Gasteiger partial charge in [-0.3, -0.25) is 14.5 Å². The Kier molecular flexibility index (Phi) is 5.78. The number of rotatable bonds is 6. The van der Waals surface area contributed by atoms with E-state index in [1.54, 1.807) is 0 Å². The van der Waals surface area contributed by atoms with Crippen LogP contribution in [0.1, 0.15) is 55.4 Å². The van der Waals surface area contributed by atoms with Crippen molar-refractivity contribution in [3.63, 3.8) is 0 Å². The van der Waals surface area contributed by atoms with Gasteiger partial charge in [-0.2, -0.15) is 0 Å². The standard InChI is InChI=1S/C21H22FNO3/c22-17-11-9-16(10-12-17)19(24)7-4-8-20(25)23-18(13-14-21(23)26)15-5-2-1-3-6-15/h1-3,5-6,9-12,18-19,24H,4,7-8,13-14H2. The zero-order valence-electron chi connectivity index (χ0n) is 14.5. The van der Waals surface area contributed by atoms with Crippen LogP contribution in [0.4, 0.5) is 4.39 Å². The number of nitrogens with zero attached hydrogens (tertiary/aromatic N) is 1. The van der Waals surface area contributed by atoms with Gasteiger partial charge in [-0.15, -0.1) is 0 Å². The number of carbonyl (C=O) groups is 2. The van der Waals surface area contributed by atoms with Crippen molar-refractivity contribution in [2.75, 3.05) is 0 Å². The molecule has 0 aliphatic carbocycles. The highest BCUT2D eigenvalue weighted by Gasteiger charge is 2.36. The first-order chi connectivity index (χ1) is 12.6. The predicted molar refractivity (Wildman–Crippen MR) is 95.5 cm³/mol. The lowest BCUT2D eigenvalue weighted by molar-refractivity contribution is -0.144. The number of hydrogen-bond acceptors (Lipinski definition) is 3. The van der Waals surface area contributed by atoms with Gasteiger partial charge in [0.1, 0.15) is 5.82 Å². The average molecular weight is 355 g/mol. The Morgan fingerprint density at radius 1 is 1.15 bits per heavy atom. The zero-order valence-corrected chi connectivity index (χ0v) is 14.5. The van der Waals surface area contributed by atoms with Crippen molar-refractivity contribution >= 4 is 11.8 Å². The van der Waals surface area contributed by atoms with Crippen molar-refractivity contribution in [2.24, 2.45) is 0 Å². The molecule has 2 aromatic carbocycles. The second kappa shape index (κ2) is 8.23. The molecule has 0 spiro atoms. The summed E-state index contributed by atoms with van der Waals surface area (Å²) in [6.07, 6.45) is 1.32. The lowest BCUT2D eigenvalue weighted by atomic mass is 10.0. The number of aliphatic hydroxyl groups is 1. The van der Waals surface area contributed by atoms with E-state index in [2.05, 4.69) is 0 Å². The third-order valence-electron chi connectivity index (χ3n) is 4.79. The van der Waals surface area contributed by atoms with Gasteiger partial charge in [0, 0.05) is 12.8 Å². The van der Waals surface area contributed by atoms with E-state index in [1.807, 2.05) is 30.3 Å². The molecule has 2 amide bonds. The summed E-state index contributed by atoms with van der Waals surface area (Å²) in [7, 11) is 0. The van der Waals surface area contributed by atoms with Crippen molar-refractivity contribution in [3.05, 3.63) is 71.5 Å². The van der Waals surface area contributed by atoms with E-state index in [0.29, 0.717) is 31.2 Å². The smallest absolute Gasteiger partial charge is 0.229 e. The number of hydrogen-bond donors (Lipinski definition) is 1. The number of halogens is 1. The fourth-order valence-electron chi connectivity index (χ4n) is 3.41. The highest BCUT2D eigenvalue weighted by atomic mass is 19.1. The summed E-state index contributed by atoms with van der Waals surface area (Å²) < 4.78 is 12.9. The molecule has 1 N–H and O–H groups in total. The van der Waals surface area contributed by atoms with Crippen molar-refractivity contribution in [1.29, 1.82) is 0 Å². The predicted octanol–water partition coefficient (Wildman–Crippen LogP) is 3.92. The van der Waals surface area contributed by atoms with Crippen LogP contribution in [-0.2, 0) is 9.59 Å². The second-order valence-corrected chi connectivity index (χ2v) is 6.58. The van der Waals surface area contributed by atoms with Gasteiger partial charge in [0.15, 0.2) is 0 Å². The number of amides is 2. The quantitative estimate of drug-likeness (QED) is 0.854. The summed E-state index contributed by atoms with van der Waals surface area (Å²) in [4.78, 5) is 26.1. The van der Waals surface area contributed by atoms with Crippen LogP contribution in [-0.4, -0.2) is 21.8 Å². The van der Waals surface area contributed by atoms with Crippen LogP contribution in [0.25, 0.3) is 0 Å². The van der Waals surface area contributed by atoms with Crippen LogP contribution < -0.4 is 0 Å². The van der Waals surface area contributed by atoms with Crippen LogP contribution >= 0.6 is 0 Å². The monoisotopic (exact) mass is 355 g/mol. The summed E-state index contributed by atoms with van der Waals surface area (Å²) in [5.41, 5.74) is 1.59. The van der Waals surface area contributed by atoms with Gasteiger partial charge in [-0.1, -0.05) is 42.5 Å². The molecular formula is C21H22FNO3. The lowest BCUT2D eigenvalue weighted by Gasteiger charge is -2.23. The largest absolute Gasteiger partial charge is 0.388 e. The fraction of sp³-hybridized carbons (Fsp3) is 0.333. The average Bonchev–Trinajstić information content (AvgIpc) is 3.04. The number of carbonyl (C=O) groups excluding carboxylic acids is 2. The number of likely N-dealkylation sites (tertiary alicyclic amines) is 1. The minimum atomic E-state index is -0.748. The molecular weight excluding hydrogens is 333 g/mol. The third-order valence-corrected chi connectivity index (χ3v) is 4.79. The molecule has 0 radical (unpaired) electrons. The first kappa shape index (κ1) is 18.3. The molecule has 1 heterocycles. The molecule has 136 valence electrons. The zero-order chi connectivity index (χ0) is 18.5. The Labute approximate surface area is 152 Å². The maximum absolute atomic E-state index is 12.9. The molecule has 1 aliphatic heterocycles. The minimum absolute atomic E-state index is 0.136. The molecule has 1 fully saturated rings. The summed E-state index contributed by atoms with van der Waals surface area (Å²) in [5.74, 6) is -0.689. The SMILES string of the molecule is O=C(CCCC(O)c1ccc(F)cc1)N1C(=O)CCC1c1ccccc1. The van der Waals surface area contributed by atoms with E-state index in [-0.39, 0.29) is 30.1 Å². The molecule has 26 heavy (non-hydrogen) atoms. The van der Waals surface area contributed by atoms with Crippen molar-refractivity contribution < 1.29 is 19.1 Å². The molecule has 4 nitrogen and oxygen atoms in total. The Morgan fingerprint density at radius 3 is 2.54 bits per heavy atom. The molecule has 2 unspecified atom stereocenters. The Hall–Kier alpha value is -2.53. The fourth-order valence-corrected chi connectivity index (χ4v) is 3.41. The molecule has 1 saturated heterocycles. The van der Waals surface area contributed by atoms with E-state index in [9.17, 15) is 19.1 Å². The van der Waals surface area contributed by atoms with Gasteiger partial charge in [0.2, 0.25) is 11.8 Å². The Morgan fingerprint density at radius 2 is 1.85 bits per heavy atom. The highest BCUT2D eigenvalue weighted by molar-refractivity contribution is 5.97. The Balaban J connectivity index is 1.56. The second-order valence-electron chi connectivity index (χ2n) is 6.58. The van der Waals surface area contributed by atoms with E-state index in [0.717, 1.165) is 5.56 Å². The summed E-state index contributed by atoms with van der Waals surface area (Å²) in [6, 6.07) is 15.1. The first-order valence-electron chi connectivity index (χ1n) is 8.89. The maximum atomic E-state index is 12.9. The molecule has 3 rings (SSSR count). The van der Waals surface area contributed by atoms with E-state index < -0.39 is 6.10 Å². The molecule has 1 aliphatic rings. The topological polar surface area (TPSA) is 57.6 Å². The normalized spacial score (nSPS) is 18.2. The molecule has 0 aromatic heterocycles. The van der Waals surface area contributed by atoms with E-state index in [1.165, 1.54) is 29.2 Å². The summed E-state index contributed by atoms with van der Waals surface area (Å²) in [5, 5.41) is 10.2. The van der Waals surface area contributed by atoms with Gasteiger partial charge in [-0.25, -0.2) is 4.39 Å². The van der Waals surface area contributed by atoms with Crippen molar-refractivity contribution in [2.45, 2.75) is 44.2 Å².